The van der Waals surface area contributed by atoms with Gasteiger partial charge in [0, 0.05) is 0 Å². The van der Waals surface area contributed by atoms with Gasteiger partial charge in [-0.2, -0.15) is 5.26 Å². The van der Waals surface area contributed by atoms with Gasteiger partial charge in [0.1, 0.15) is 6.07 Å². The van der Waals surface area contributed by atoms with Crippen molar-refractivity contribution in [1.29, 1.82) is 5.26 Å². The molecule has 102 valence electrons. The highest BCUT2D eigenvalue weighted by molar-refractivity contribution is 7.92. The molecule has 3 N–H and O–H groups in total. The van der Waals surface area contributed by atoms with Crippen LogP contribution in [0, 0.1) is 17.1 Å². The first-order valence-electron chi connectivity index (χ1n) is 5.35. The summed E-state index contributed by atoms with van der Waals surface area (Å²) in [6, 6.07) is 3.82. The van der Waals surface area contributed by atoms with Gasteiger partial charge in [-0.15, -0.1) is 0 Å². The lowest BCUT2D eigenvalue weighted by Gasteiger charge is -2.10. The van der Waals surface area contributed by atoms with Crippen LogP contribution >= 0.6 is 0 Å². The molecule has 0 aliphatic heterocycles. The van der Waals surface area contributed by atoms with Gasteiger partial charge in [0.05, 0.1) is 22.6 Å². The molecular weight excluding hydrogens is 273 g/mol. The zero-order valence-corrected chi connectivity index (χ0v) is 10.9. The minimum absolute atomic E-state index is 0.182. The van der Waals surface area contributed by atoms with Crippen molar-refractivity contribution in [1.82, 2.24) is 0 Å². The smallest absolute Gasteiger partial charge is 0.253 e. The van der Waals surface area contributed by atoms with Gasteiger partial charge < -0.3 is 5.73 Å². The number of carbonyl (C=O) groups excluding carboxylic acids is 1. The summed E-state index contributed by atoms with van der Waals surface area (Å²) in [6.07, 6.45) is 0.357. The number of hydrogen-bond donors (Lipinski definition) is 2. The van der Waals surface area contributed by atoms with E-state index in [1.165, 1.54) is 0 Å². The first-order chi connectivity index (χ1) is 8.82. The van der Waals surface area contributed by atoms with E-state index in [1.807, 2.05) is 4.72 Å². The van der Waals surface area contributed by atoms with Crippen molar-refractivity contribution >= 4 is 21.6 Å². The number of amides is 1. The van der Waals surface area contributed by atoms with E-state index in [2.05, 4.69) is 0 Å². The maximum absolute atomic E-state index is 14.0. The van der Waals surface area contributed by atoms with E-state index in [9.17, 15) is 17.6 Å². The maximum atomic E-state index is 14.0. The number of hydrogen-bond acceptors (Lipinski definition) is 4. The van der Waals surface area contributed by atoms with E-state index in [-0.39, 0.29) is 11.3 Å². The van der Waals surface area contributed by atoms with Crippen molar-refractivity contribution in [2.24, 2.45) is 5.73 Å². The first-order valence-corrected chi connectivity index (χ1v) is 7.00. The molecule has 6 nitrogen and oxygen atoms in total. The molecule has 0 atom stereocenters. The van der Waals surface area contributed by atoms with Gasteiger partial charge in [0.2, 0.25) is 10.0 Å². The number of primary amides is 1. The largest absolute Gasteiger partial charge is 0.365 e. The summed E-state index contributed by atoms with van der Waals surface area (Å²) < 4.78 is 39.0. The van der Waals surface area contributed by atoms with Crippen LogP contribution in [-0.4, -0.2) is 20.1 Å². The molecule has 0 unspecified atom stereocenters. The maximum Gasteiger partial charge on any atom is 0.253 e. The van der Waals surface area contributed by atoms with Crippen LogP contribution in [-0.2, 0) is 10.0 Å². The van der Waals surface area contributed by atoms with Crippen LogP contribution in [0.2, 0.25) is 0 Å². The van der Waals surface area contributed by atoms with E-state index in [0.29, 0.717) is 6.42 Å². The summed E-state index contributed by atoms with van der Waals surface area (Å²) in [6.45, 7) is 1.66. The molecule has 0 aliphatic carbocycles. The Morgan fingerprint density at radius 3 is 2.63 bits per heavy atom. The Morgan fingerprint density at radius 1 is 1.53 bits per heavy atom. The van der Waals surface area contributed by atoms with Crippen molar-refractivity contribution in [2.45, 2.75) is 13.3 Å². The molecule has 0 bridgehead atoms. The zero-order valence-electron chi connectivity index (χ0n) is 10.1. The fourth-order valence-electron chi connectivity index (χ4n) is 1.48. The number of nitrogens with two attached hydrogens (primary N) is 1. The number of nitrogens with one attached hydrogen (secondary N) is 1. The molecule has 1 amide bonds. The second kappa shape index (κ2) is 5.67. The highest BCUT2D eigenvalue weighted by Crippen LogP contribution is 2.22. The molecule has 0 spiro atoms. The Hall–Kier alpha value is -2.14. The third-order valence-corrected chi connectivity index (χ3v) is 3.72. The standard InChI is InChI=1S/C11H12FN3O3S/c1-2-5-19(17,18)15-8-4-3-7(6-13)9(10(8)12)11(14)16/h3-4,15H,2,5H2,1H3,(H2,14,16). The van der Waals surface area contributed by atoms with Crippen LogP contribution < -0.4 is 10.5 Å². The molecule has 0 saturated heterocycles. The van der Waals surface area contributed by atoms with Gasteiger partial charge in [-0.1, -0.05) is 6.92 Å². The quantitative estimate of drug-likeness (QED) is 0.838. The van der Waals surface area contributed by atoms with Gasteiger partial charge in [0.15, 0.2) is 5.82 Å². The third-order valence-electron chi connectivity index (χ3n) is 2.25. The van der Waals surface area contributed by atoms with Crippen LogP contribution in [0.4, 0.5) is 10.1 Å². The lowest BCUT2D eigenvalue weighted by atomic mass is 10.1. The lowest BCUT2D eigenvalue weighted by molar-refractivity contribution is 0.0996. The second-order valence-corrected chi connectivity index (χ2v) is 5.59. The number of nitriles is 1. The molecule has 0 aliphatic rings. The monoisotopic (exact) mass is 285 g/mol. The molecule has 1 aromatic rings. The van der Waals surface area contributed by atoms with Gasteiger partial charge in [-0.25, -0.2) is 12.8 Å². The number of rotatable bonds is 5. The van der Waals surface area contributed by atoms with Crippen LogP contribution in [0.25, 0.3) is 0 Å². The third kappa shape index (κ3) is 3.42. The van der Waals surface area contributed by atoms with Gasteiger partial charge in [-0.05, 0) is 18.6 Å². The summed E-state index contributed by atoms with van der Waals surface area (Å²) in [5, 5.41) is 8.74. The van der Waals surface area contributed by atoms with Crippen molar-refractivity contribution in [2.75, 3.05) is 10.5 Å². The molecule has 0 aromatic heterocycles. The van der Waals surface area contributed by atoms with Crippen molar-refractivity contribution in [3.8, 4) is 6.07 Å². The Kier molecular flexibility index (Phi) is 4.45. The summed E-state index contributed by atoms with van der Waals surface area (Å²) >= 11 is 0. The fraction of sp³-hybridized carbons (Fsp3) is 0.273. The van der Waals surface area contributed by atoms with Crippen molar-refractivity contribution in [3.05, 3.63) is 29.1 Å². The highest BCUT2D eigenvalue weighted by atomic mass is 32.2. The number of anilines is 1. The average Bonchev–Trinajstić information content (AvgIpc) is 2.30. The molecule has 1 aromatic carbocycles. The molecule has 0 heterocycles. The fourth-order valence-corrected chi connectivity index (χ4v) is 2.61. The molecule has 0 fully saturated rings. The Balaban J connectivity index is 3.30. The normalized spacial score (nSPS) is 10.8. The minimum atomic E-state index is -3.69. The van der Waals surface area contributed by atoms with E-state index >= 15 is 0 Å². The predicted molar refractivity (Wildman–Crippen MR) is 67.3 cm³/mol. The molecule has 19 heavy (non-hydrogen) atoms. The van der Waals surface area contributed by atoms with E-state index in [4.69, 9.17) is 11.0 Å². The molecule has 1 rings (SSSR count). The molecule has 0 saturated carbocycles. The van der Waals surface area contributed by atoms with Crippen molar-refractivity contribution in [3.63, 3.8) is 0 Å². The topological polar surface area (TPSA) is 113 Å². The van der Waals surface area contributed by atoms with E-state index in [0.717, 1.165) is 12.1 Å². The Labute approximate surface area is 110 Å². The highest BCUT2D eigenvalue weighted by Gasteiger charge is 2.20. The Bertz CT molecular complexity index is 650. The molecular formula is C11H12FN3O3S. The van der Waals surface area contributed by atoms with Gasteiger partial charge in [-0.3, -0.25) is 9.52 Å². The minimum Gasteiger partial charge on any atom is -0.365 e. The summed E-state index contributed by atoms with van der Waals surface area (Å²) in [7, 11) is -3.69. The summed E-state index contributed by atoms with van der Waals surface area (Å²) in [5.74, 6) is -2.46. The zero-order chi connectivity index (χ0) is 14.6. The summed E-state index contributed by atoms with van der Waals surface area (Å²) in [5.41, 5.74) is 3.70. The number of carbonyl (C=O) groups is 1. The first kappa shape index (κ1) is 14.9. The number of nitrogens with zero attached hydrogens (tertiary/aromatic N) is 1. The second-order valence-electron chi connectivity index (χ2n) is 3.75. The molecule has 0 radical (unpaired) electrons. The average molecular weight is 285 g/mol. The number of halogens is 1. The van der Waals surface area contributed by atoms with Crippen LogP contribution in [0.5, 0.6) is 0 Å². The Morgan fingerprint density at radius 2 is 2.16 bits per heavy atom. The van der Waals surface area contributed by atoms with Crippen molar-refractivity contribution < 1.29 is 17.6 Å². The van der Waals surface area contributed by atoms with Gasteiger partial charge >= 0.3 is 0 Å². The number of sulfonamides is 1. The molecule has 8 heteroatoms. The van der Waals surface area contributed by atoms with Crippen LogP contribution in [0.15, 0.2) is 12.1 Å². The van der Waals surface area contributed by atoms with E-state index < -0.39 is 33.0 Å². The van der Waals surface area contributed by atoms with Crippen LogP contribution in [0.3, 0.4) is 0 Å². The predicted octanol–water partition coefficient (Wildman–Crippen LogP) is 0.948. The lowest BCUT2D eigenvalue weighted by Crippen LogP contribution is -2.20. The van der Waals surface area contributed by atoms with Gasteiger partial charge in [0.25, 0.3) is 5.91 Å². The van der Waals surface area contributed by atoms with E-state index in [1.54, 1.807) is 13.0 Å². The SMILES string of the molecule is CCCS(=O)(=O)Nc1ccc(C#N)c(C(N)=O)c1F. The summed E-state index contributed by atoms with van der Waals surface area (Å²) in [4.78, 5) is 11.1. The number of benzene rings is 1. The van der Waals surface area contributed by atoms with Crippen LogP contribution in [0.1, 0.15) is 29.3 Å².